The Balaban J connectivity index is 3.14. The van der Waals surface area contributed by atoms with Crippen LogP contribution in [-0.4, -0.2) is 22.2 Å². The number of amides is 1. The molecule has 0 heterocycles. The first-order valence-electron chi connectivity index (χ1n) is 4.25. The Morgan fingerprint density at radius 2 is 1.81 bits per heavy atom. The first-order valence-corrected chi connectivity index (χ1v) is 4.25. The zero-order valence-corrected chi connectivity index (χ0v) is 8.02. The average Bonchev–Trinajstić information content (AvgIpc) is 2.24. The van der Waals surface area contributed by atoms with Gasteiger partial charge in [0.25, 0.3) is 0 Å². The summed E-state index contributed by atoms with van der Waals surface area (Å²) in [5, 5.41) is 18.4. The molecular formula is C9H10F2N2O3. The highest BCUT2D eigenvalue weighted by molar-refractivity contribution is 5.79. The van der Waals surface area contributed by atoms with E-state index in [4.69, 9.17) is 16.6 Å². The van der Waals surface area contributed by atoms with Gasteiger partial charge in [0.05, 0.1) is 5.69 Å². The van der Waals surface area contributed by atoms with Crippen molar-refractivity contribution in [2.45, 2.75) is 12.2 Å². The van der Waals surface area contributed by atoms with Gasteiger partial charge in [0.15, 0.2) is 17.7 Å². The number of carbonyl (C=O) groups is 1. The summed E-state index contributed by atoms with van der Waals surface area (Å²) in [5.41, 5.74) is 8.75. The number of carbonyl (C=O) groups excluding carboxylic acids is 1. The third-order valence-corrected chi connectivity index (χ3v) is 2.05. The minimum absolute atomic E-state index is 0.443. The minimum Gasteiger partial charge on any atom is -0.396 e. The summed E-state index contributed by atoms with van der Waals surface area (Å²) in [5.74, 6) is -4.02. The van der Waals surface area contributed by atoms with Crippen LogP contribution in [0.5, 0.6) is 0 Å². The third-order valence-electron chi connectivity index (χ3n) is 2.05. The van der Waals surface area contributed by atoms with Gasteiger partial charge in [0, 0.05) is 5.56 Å². The summed E-state index contributed by atoms with van der Waals surface area (Å²) in [6.07, 6.45) is -3.95. The molecule has 16 heavy (non-hydrogen) atoms. The van der Waals surface area contributed by atoms with Crippen LogP contribution in [0.2, 0.25) is 0 Å². The summed E-state index contributed by atoms with van der Waals surface area (Å²) in [4.78, 5) is 10.5. The van der Waals surface area contributed by atoms with Crippen LogP contribution in [0.25, 0.3) is 0 Å². The van der Waals surface area contributed by atoms with E-state index in [1.54, 1.807) is 0 Å². The standard InChI is InChI=1S/C9H10F2N2O3/c10-5-3(1-2-4(12)6(5)11)7(14)8(15)9(13)16/h1-2,7-8,14-15H,12H2,(H2,13,16). The zero-order valence-electron chi connectivity index (χ0n) is 8.02. The molecule has 1 aromatic carbocycles. The summed E-state index contributed by atoms with van der Waals surface area (Å²) < 4.78 is 26.3. The lowest BCUT2D eigenvalue weighted by molar-refractivity contribution is -0.132. The van der Waals surface area contributed by atoms with Crippen LogP contribution >= 0.6 is 0 Å². The van der Waals surface area contributed by atoms with Crippen LogP contribution in [0.3, 0.4) is 0 Å². The largest absolute Gasteiger partial charge is 0.396 e. The highest BCUT2D eigenvalue weighted by Gasteiger charge is 2.27. The number of hydrogen-bond acceptors (Lipinski definition) is 4. The van der Waals surface area contributed by atoms with Gasteiger partial charge in [-0.1, -0.05) is 6.07 Å². The molecule has 1 aromatic rings. The van der Waals surface area contributed by atoms with Gasteiger partial charge in [-0.15, -0.1) is 0 Å². The van der Waals surface area contributed by atoms with Gasteiger partial charge in [-0.2, -0.15) is 0 Å². The van der Waals surface area contributed by atoms with Crippen molar-refractivity contribution in [1.82, 2.24) is 0 Å². The van der Waals surface area contributed by atoms with Crippen LogP contribution in [0, 0.1) is 11.6 Å². The maximum Gasteiger partial charge on any atom is 0.249 e. The van der Waals surface area contributed by atoms with Crippen molar-refractivity contribution in [3.05, 3.63) is 29.3 Å². The first-order chi connectivity index (χ1) is 7.36. The average molecular weight is 232 g/mol. The first kappa shape index (κ1) is 12.3. The van der Waals surface area contributed by atoms with E-state index in [0.29, 0.717) is 0 Å². The fourth-order valence-corrected chi connectivity index (χ4v) is 1.13. The quantitative estimate of drug-likeness (QED) is 0.523. The van der Waals surface area contributed by atoms with E-state index in [-0.39, 0.29) is 0 Å². The smallest absolute Gasteiger partial charge is 0.249 e. The van der Waals surface area contributed by atoms with Crippen molar-refractivity contribution in [1.29, 1.82) is 0 Å². The molecule has 2 atom stereocenters. The molecule has 0 saturated heterocycles. The van der Waals surface area contributed by atoms with Crippen LogP contribution in [-0.2, 0) is 4.79 Å². The van der Waals surface area contributed by atoms with E-state index in [9.17, 15) is 18.7 Å². The third kappa shape index (κ3) is 2.10. The predicted molar refractivity (Wildman–Crippen MR) is 50.9 cm³/mol. The van der Waals surface area contributed by atoms with E-state index >= 15 is 0 Å². The fourth-order valence-electron chi connectivity index (χ4n) is 1.13. The van der Waals surface area contributed by atoms with Gasteiger partial charge in [-0.25, -0.2) is 8.78 Å². The van der Waals surface area contributed by atoms with Crippen molar-refractivity contribution in [3.8, 4) is 0 Å². The molecule has 0 fully saturated rings. The number of primary amides is 1. The maximum absolute atomic E-state index is 13.3. The SMILES string of the molecule is NC(=O)C(O)C(O)c1ccc(N)c(F)c1F. The van der Waals surface area contributed by atoms with Gasteiger partial charge in [-0.3, -0.25) is 4.79 Å². The van der Waals surface area contributed by atoms with E-state index < -0.39 is 41.0 Å². The minimum atomic E-state index is -2.02. The van der Waals surface area contributed by atoms with Crippen LogP contribution in [0.4, 0.5) is 14.5 Å². The summed E-state index contributed by atoms with van der Waals surface area (Å²) in [7, 11) is 0. The molecular weight excluding hydrogens is 222 g/mol. The number of aliphatic hydroxyl groups is 2. The van der Waals surface area contributed by atoms with Gasteiger partial charge in [0.1, 0.15) is 6.10 Å². The van der Waals surface area contributed by atoms with E-state index in [1.807, 2.05) is 0 Å². The van der Waals surface area contributed by atoms with Crippen LogP contribution in [0.1, 0.15) is 11.7 Å². The summed E-state index contributed by atoms with van der Waals surface area (Å²) in [6, 6.07) is 1.97. The number of hydrogen-bond donors (Lipinski definition) is 4. The van der Waals surface area contributed by atoms with Gasteiger partial charge in [0.2, 0.25) is 5.91 Å². The van der Waals surface area contributed by atoms with Crippen molar-refractivity contribution < 1.29 is 23.8 Å². The van der Waals surface area contributed by atoms with Crippen molar-refractivity contribution >= 4 is 11.6 Å². The molecule has 0 aliphatic rings. The summed E-state index contributed by atoms with van der Waals surface area (Å²) in [6.45, 7) is 0. The number of anilines is 1. The number of benzene rings is 1. The highest BCUT2D eigenvalue weighted by atomic mass is 19.2. The molecule has 0 aromatic heterocycles. The molecule has 6 N–H and O–H groups in total. The van der Waals surface area contributed by atoms with Crippen molar-refractivity contribution in [3.63, 3.8) is 0 Å². The normalized spacial score (nSPS) is 14.5. The predicted octanol–water partition coefficient (Wildman–Crippen LogP) is -0.573. The molecule has 0 bridgehead atoms. The monoisotopic (exact) mass is 232 g/mol. The lowest BCUT2D eigenvalue weighted by Crippen LogP contribution is -2.34. The molecule has 0 aliphatic heterocycles. The van der Waals surface area contributed by atoms with E-state index in [2.05, 4.69) is 0 Å². The van der Waals surface area contributed by atoms with Crippen LogP contribution < -0.4 is 11.5 Å². The number of halogens is 2. The number of aliphatic hydroxyl groups excluding tert-OH is 2. The second-order valence-electron chi connectivity index (χ2n) is 3.16. The van der Waals surface area contributed by atoms with Gasteiger partial charge in [-0.05, 0) is 6.07 Å². The number of rotatable bonds is 3. The van der Waals surface area contributed by atoms with Gasteiger partial charge < -0.3 is 21.7 Å². The Morgan fingerprint density at radius 3 is 2.31 bits per heavy atom. The Morgan fingerprint density at radius 1 is 1.25 bits per heavy atom. The Labute approximate surface area is 89.3 Å². The molecule has 88 valence electrons. The van der Waals surface area contributed by atoms with Crippen molar-refractivity contribution in [2.24, 2.45) is 5.73 Å². The van der Waals surface area contributed by atoms with Crippen molar-refractivity contribution in [2.75, 3.05) is 5.73 Å². The maximum atomic E-state index is 13.3. The summed E-state index contributed by atoms with van der Waals surface area (Å²) >= 11 is 0. The Hall–Kier alpha value is -1.73. The molecule has 5 nitrogen and oxygen atoms in total. The van der Waals surface area contributed by atoms with Gasteiger partial charge >= 0.3 is 0 Å². The molecule has 2 unspecified atom stereocenters. The molecule has 7 heteroatoms. The molecule has 0 saturated carbocycles. The number of nitrogen functional groups attached to an aromatic ring is 1. The fraction of sp³-hybridized carbons (Fsp3) is 0.222. The molecule has 0 aliphatic carbocycles. The molecule has 1 rings (SSSR count). The second-order valence-corrected chi connectivity index (χ2v) is 3.16. The van der Waals surface area contributed by atoms with E-state index in [0.717, 1.165) is 12.1 Å². The Bertz CT molecular complexity index is 425. The number of nitrogens with two attached hydrogens (primary N) is 2. The van der Waals surface area contributed by atoms with Crippen LogP contribution in [0.15, 0.2) is 12.1 Å². The molecule has 0 radical (unpaired) electrons. The topological polar surface area (TPSA) is 110 Å². The van der Waals surface area contributed by atoms with E-state index in [1.165, 1.54) is 0 Å². The lowest BCUT2D eigenvalue weighted by atomic mass is 10.0. The zero-order chi connectivity index (χ0) is 12.5. The molecule has 1 amide bonds. The lowest BCUT2D eigenvalue weighted by Gasteiger charge is -2.16. The highest BCUT2D eigenvalue weighted by Crippen LogP contribution is 2.25. The second kappa shape index (κ2) is 4.42. The molecule has 0 spiro atoms. The Kier molecular flexibility index (Phi) is 3.41.